The predicted molar refractivity (Wildman–Crippen MR) is 67.6 cm³/mol. The molecule has 0 bridgehead atoms. The third kappa shape index (κ3) is 3.74. The van der Waals surface area contributed by atoms with Crippen molar-refractivity contribution in [2.24, 2.45) is 5.92 Å². The fourth-order valence-corrected chi connectivity index (χ4v) is 2.98. The first-order valence-electron chi connectivity index (χ1n) is 7.23. The van der Waals surface area contributed by atoms with Gasteiger partial charge in [-0.2, -0.15) is 0 Å². The van der Waals surface area contributed by atoms with E-state index >= 15 is 0 Å². The highest BCUT2D eigenvalue weighted by Gasteiger charge is 2.23. The zero-order chi connectivity index (χ0) is 11.2. The molecule has 1 aliphatic carbocycles. The monoisotopic (exact) mass is 225 g/mol. The maximum Gasteiger partial charge on any atom is 0.0576 e. The topological polar surface area (TPSA) is 21.3 Å². The highest BCUT2D eigenvalue weighted by Crippen LogP contribution is 2.31. The van der Waals surface area contributed by atoms with Gasteiger partial charge in [0.15, 0.2) is 0 Å². The van der Waals surface area contributed by atoms with Crippen LogP contribution in [0.3, 0.4) is 0 Å². The molecule has 2 atom stereocenters. The average molecular weight is 225 g/mol. The number of nitrogens with one attached hydrogen (secondary N) is 1. The van der Waals surface area contributed by atoms with Gasteiger partial charge in [0.1, 0.15) is 0 Å². The molecule has 1 saturated carbocycles. The highest BCUT2D eigenvalue weighted by molar-refractivity contribution is 4.78. The van der Waals surface area contributed by atoms with E-state index in [0.29, 0.717) is 6.10 Å². The van der Waals surface area contributed by atoms with E-state index < -0.39 is 0 Å². The average Bonchev–Trinajstić information content (AvgIpc) is 2.72. The summed E-state index contributed by atoms with van der Waals surface area (Å²) in [5.41, 5.74) is 0. The Balaban J connectivity index is 1.64. The van der Waals surface area contributed by atoms with Crippen molar-refractivity contribution >= 4 is 0 Å². The summed E-state index contributed by atoms with van der Waals surface area (Å²) in [5, 5.41) is 3.65. The minimum Gasteiger partial charge on any atom is -0.378 e. The van der Waals surface area contributed by atoms with E-state index in [-0.39, 0.29) is 0 Å². The summed E-state index contributed by atoms with van der Waals surface area (Å²) in [5.74, 6) is 1.02. The molecule has 1 saturated heterocycles. The van der Waals surface area contributed by atoms with E-state index in [1.54, 1.807) is 0 Å². The van der Waals surface area contributed by atoms with Crippen LogP contribution in [0, 0.1) is 5.92 Å². The Hall–Kier alpha value is -0.0800. The van der Waals surface area contributed by atoms with E-state index in [2.05, 4.69) is 12.2 Å². The lowest BCUT2D eigenvalue weighted by molar-refractivity contribution is 0.0977. The Labute approximate surface area is 100 Å². The zero-order valence-corrected chi connectivity index (χ0v) is 10.7. The molecule has 0 aromatic heterocycles. The van der Waals surface area contributed by atoms with Crippen LogP contribution in [0.25, 0.3) is 0 Å². The van der Waals surface area contributed by atoms with Crippen molar-refractivity contribution < 1.29 is 4.74 Å². The molecule has 94 valence electrons. The number of ether oxygens (including phenoxy) is 1. The lowest BCUT2D eigenvalue weighted by Crippen LogP contribution is -2.33. The van der Waals surface area contributed by atoms with Gasteiger partial charge in [-0.1, -0.05) is 26.2 Å². The van der Waals surface area contributed by atoms with Crippen LogP contribution < -0.4 is 5.32 Å². The van der Waals surface area contributed by atoms with E-state index in [4.69, 9.17) is 4.74 Å². The van der Waals surface area contributed by atoms with Crippen molar-refractivity contribution in [2.75, 3.05) is 13.2 Å². The second-order valence-corrected chi connectivity index (χ2v) is 5.50. The molecule has 1 heterocycles. The van der Waals surface area contributed by atoms with Crippen LogP contribution in [0.15, 0.2) is 0 Å². The molecule has 0 spiro atoms. The van der Waals surface area contributed by atoms with Crippen LogP contribution >= 0.6 is 0 Å². The SMILES string of the molecule is CCNC(CCC1CCCO1)CC1CCC1. The highest BCUT2D eigenvalue weighted by atomic mass is 16.5. The van der Waals surface area contributed by atoms with Gasteiger partial charge in [-0.3, -0.25) is 0 Å². The fraction of sp³-hybridized carbons (Fsp3) is 1.00. The fourth-order valence-electron chi connectivity index (χ4n) is 2.98. The van der Waals surface area contributed by atoms with Gasteiger partial charge in [0.2, 0.25) is 0 Å². The second kappa shape index (κ2) is 6.61. The van der Waals surface area contributed by atoms with Crippen molar-refractivity contribution in [3.63, 3.8) is 0 Å². The maximum atomic E-state index is 5.70. The Bertz CT molecular complexity index is 185. The normalized spacial score (nSPS) is 27.9. The zero-order valence-electron chi connectivity index (χ0n) is 10.7. The van der Waals surface area contributed by atoms with Gasteiger partial charge < -0.3 is 10.1 Å². The van der Waals surface area contributed by atoms with Gasteiger partial charge in [-0.05, 0) is 44.6 Å². The molecular formula is C14H27NO. The van der Waals surface area contributed by atoms with Crippen molar-refractivity contribution in [3.8, 4) is 0 Å². The molecule has 2 unspecified atom stereocenters. The van der Waals surface area contributed by atoms with E-state index in [1.807, 2.05) is 0 Å². The molecule has 2 aliphatic rings. The summed E-state index contributed by atoms with van der Waals surface area (Å²) in [6.45, 7) is 4.34. The molecule has 0 radical (unpaired) electrons. The standard InChI is InChI=1S/C14H27NO/c1-2-15-13(11-12-5-3-6-12)8-9-14-7-4-10-16-14/h12-15H,2-11H2,1H3. The molecule has 0 aromatic rings. The molecule has 2 nitrogen and oxygen atoms in total. The van der Waals surface area contributed by atoms with Gasteiger partial charge in [-0.25, -0.2) is 0 Å². The minimum atomic E-state index is 0.572. The van der Waals surface area contributed by atoms with E-state index in [0.717, 1.165) is 25.1 Å². The van der Waals surface area contributed by atoms with Gasteiger partial charge >= 0.3 is 0 Å². The maximum absolute atomic E-state index is 5.70. The van der Waals surface area contributed by atoms with Gasteiger partial charge in [-0.15, -0.1) is 0 Å². The molecule has 2 heteroatoms. The smallest absolute Gasteiger partial charge is 0.0576 e. The lowest BCUT2D eigenvalue weighted by atomic mass is 9.80. The molecule has 16 heavy (non-hydrogen) atoms. The quantitative estimate of drug-likeness (QED) is 0.719. The minimum absolute atomic E-state index is 0.572. The van der Waals surface area contributed by atoms with Crippen LogP contribution in [0.5, 0.6) is 0 Å². The molecule has 2 rings (SSSR count). The Morgan fingerprint density at radius 1 is 1.25 bits per heavy atom. The van der Waals surface area contributed by atoms with Crippen LogP contribution in [0.2, 0.25) is 0 Å². The van der Waals surface area contributed by atoms with E-state index in [9.17, 15) is 0 Å². The Morgan fingerprint density at radius 2 is 2.12 bits per heavy atom. The number of hydrogen-bond acceptors (Lipinski definition) is 2. The largest absolute Gasteiger partial charge is 0.378 e. The Morgan fingerprint density at radius 3 is 2.69 bits per heavy atom. The molecule has 0 amide bonds. The van der Waals surface area contributed by atoms with Crippen LogP contribution in [0.4, 0.5) is 0 Å². The van der Waals surface area contributed by atoms with Crippen molar-refractivity contribution in [3.05, 3.63) is 0 Å². The summed E-state index contributed by atoms with van der Waals surface area (Å²) in [7, 11) is 0. The van der Waals surface area contributed by atoms with Crippen LogP contribution in [-0.2, 0) is 4.74 Å². The molecule has 2 fully saturated rings. The van der Waals surface area contributed by atoms with Crippen LogP contribution in [-0.4, -0.2) is 25.3 Å². The van der Waals surface area contributed by atoms with Gasteiger partial charge in [0.05, 0.1) is 6.10 Å². The number of hydrogen-bond donors (Lipinski definition) is 1. The van der Waals surface area contributed by atoms with Crippen LogP contribution in [0.1, 0.15) is 58.3 Å². The first-order valence-corrected chi connectivity index (χ1v) is 7.23. The first-order chi connectivity index (χ1) is 7.88. The third-order valence-corrected chi connectivity index (χ3v) is 4.20. The summed E-state index contributed by atoms with van der Waals surface area (Å²) < 4.78 is 5.70. The Kier molecular flexibility index (Phi) is 5.11. The van der Waals surface area contributed by atoms with Crippen molar-refractivity contribution in [1.29, 1.82) is 0 Å². The first kappa shape index (κ1) is 12.4. The second-order valence-electron chi connectivity index (χ2n) is 5.50. The van der Waals surface area contributed by atoms with Gasteiger partial charge in [0, 0.05) is 12.6 Å². The number of rotatable bonds is 7. The molecule has 1 aliphatic heterocycles. The summed E-state index contributed by atoms with van der Waals surface area (Å²) in [6.07, 6.45) is 11.5. The summed E-state index contributed by atoms with van der Waals surface area (Å²) in [6, 6.07) is 0.750. The molecule has 0 aromatic carbocycles. The lowest BCUT2D eigenvalue weighted by Gasteiger charge is -2.30. The summed E-state index contributed by atoms with van der Waals surface area (Å²) in [4.78, 5) is 0. The van der Waals surface area contributed by atoms with Crippen molar-refractivity contribution in [2.45, 2.75) is 70.4 Å². The van der Waals surface area contributed by atoms with Crippen molar-refractivity contribution in [1.82, 2.24) is 5.32 Å². The third-order valence-electron chi connectivity index (χ3n) is 4.20. The predicted octanol–water partition coefficient (Wildman–Crippen LogP) is 3.11. The molecule has 1 N–H and O–H groups in total. The van der Waals surface area contributed by atoms with Gasteiger partial charge in [0.25, 0.3) is 0 Å². The summed E-state index contributed by atoms with van der Waals surface area (Å²) >= 11 is 0. The van der Waals surface area contributed by atoms with E-state index in [1.165, 1.54) is 51.4 Å². The molecular weight excluding hydrogens is 198 g/mol.